The molecule has 1 atom stereocenters. The molecule has 5 nitrogen and oxygen atoms in total. The van der Waals surface area contributed by atoms with Crippen molar-refractivity contribution < 1.29 is 9.72 Å². The fraction of sp³-hybridized carbons (Fsp3) is 0.462. The zero-order valence-corrected chi connectivity index (χ0v) is 10.9. The van der Waals surface area contributed by atoms with Gasteiger partial charge >= 0.3 is 0 Å². The molecular weight excluding hydrogens is 232 g/mol. The summed E-state index contributed by atoms with van der Waals surface area (Å²) in [5, 5.41) is 10.7. The van der Waals surface area contributed by atoms with Crippen molar-refractivity contribution in [2.24, 2.45) is 0 Å². The van der Waals surface area contributed by atoms with Crippen LogP contribution in [0.2, 0.25) is 0 Å². The first kappa shape index (κ1) is 14.2. The van der Waals surface area contributed by atoms with Crippen molar-refractivity contribution in [2.45, 2.75) is 33.2 Å². The minimum Gasteiger partial charge on any atom is -0.369 e. The Morgan fingerprint density at radius 2 is 2.11 bits per heavy atom. The third kappa shape index (κ3) is 2.85. The Morgan fingerprint density at radius 1 is 1.44 bits per heavy atom. The van der Waals surface area contributed by atoms with Crippen molar-refractivity contribution in [2.75, 3.05) is 11.4 Å². The fourth-order valence-electron chi connectivity index (χ4n) is 1.95. The molecule has 0 aromatic heterocycles. The molecule has 0 bridgehead atoms. The Kier molecular flexibility index (Phi) is 4.83. The van der Waals surface area contributed by atoms with E-state index in [0.29, 0.717) is 11.8 Å². The van der Waals surface area contributed by atoms with Crippen molar-refractivity contribution in [3.05, 3.63) is 33.9 Å². The number of hydrogen-bond donors (Lipinski definition) is 0. The lowest BCUT2D eigenvalue weighted by Gasteiger charge is -2.30. The van der Waals surface area contributed by atoms with Gasteiger partial charge in [0.2, 0.25) is 0 Å². The van der Waals surface area contributed by atoms with Gasteiger partial charge in [0, 0.05) is 36.0 Å². The predicted octanol–water partition coefficient (Wildman–Crippen LogP) is 3.03. The van der Waals surface area contributed by atoms with Gasteiger partial charge in [-0.1, -0.05) is 6.92 Å². The quantitative estimate of drug-likeness (QED) is 0.442. The lowest BCUT2D eigenvalue weighted by atomic mass is 10.1. The van der Waals surface area contributed by atoms with E-state index in [9.17, 15) is 14.9 Å². The number of carbonyl (C=O) groups is 1. The van der Waals surface area contributed by atoms with Crippen LogP contribution in [0.15, 0.2) is 18.2 Å². The lowest BCUT2D eigenvalue weighted by molar-refractivity contribution is -0.384. The maximum Gasteiger partial charge on any atom is 0.270 e. The average molecular weight is 250 g/mol. The van der Waals surface area contributed by atoms with E-state index in [1.165, 1.54) is 12.1 Å². The summed E-state index contributed by atoms with van der Waals surface area (Å²) in [5.74, 6) is 0. The van der Waals surface area contributed by atoms with Crippen LogP contribution in [0.3, 0.4) is 0 Å². The smallest absolute Gasteiger partial charge is 0.270 e. The van der Waals surface area contributed by atoms with E-state index < -0.39 is 4.92 Å². The van der Waals surface area contributed by atoms with Crippen LogP contribution >= 0.6 is 0 Å². The number of aldehydes is 1. The van der Waals surface area contributed by atoms with Crippen LogP contribution in [-0.2, 0) is 0 Å². The maximum atomic E-state index is 11.1. The first-order valence-corrected chi connectivity index (χ1v) is 6.05. The van der Waals surface area contributed by atoms with Gasteiger partial charge in [-0.15, -0.1) is 0 Å². The van der Waals surface area contributed by atoms with Crippen LogP contribution in [0.25, 0.3) is 0 Å². The molecular formula is C13H18N2O3. The Hall–Kier alpha value is -1.91. The highest BCUT2D eigenvalue weighted by Gasteiger charge is 2.17. The van der Waals surface area contributed by atoms with Crippen molar-refractivity contribution in [3.63, 3.8) is 0 Å². The normalized spacial score (nSPS) is 11.9. The number of nitrogens with zero attached hydrogens (tertiary/aromatic N) is 2. The van der Waals surface area contributed by atoms with Gasteiger partial charge in [0.1, 0.15) is 0 Å². The van der Waals surface area contributed by atoms with Crippen LogP contribution in [0, 0.1) is 10.1 Å². The van der Waals surface area contributed by atoms with Gasteiger partial charge < -0.3 is 4.90 Å². The standard InChI is InChI=1S/C13H18N2O3/c1-4-10(3)14(5-2)13-7-6-12(15(17)18)8-11(13)9-16/h6-10H,4-5H2,1-3H3. The van der Waals surface area contributed by atoms with Crippen molar-refractivity contribution >= 4 is 17.7 Å². The second-order valence-electron chi connectivity index (χ2n) is 4.16. The van der Waals surface area contributed by atoms with Gasteiger partial charge in [-0.25, -0.2) is 0 Å². The molecule has 0 fully saturated rings. The van der Waals surface area contributed by atoms with Crippen molar-refractivity contribution in [1.29, 1.82) is 0 Å². The van der Waals surface area contributed by atoms with Gasteiger partial charge in [0.15, 0.2) is 6.29 Å². The second-order valence-corrected chi connectivity index (χ2v) is 4.16. The van der Waals surface area contributed by atoms with E-state index in [-0.39, 0.29) is 11.7 Å². The number of benzene rings is 1. The second kappa shape index (κ2) is 6.14. The number of nitro benzene ring substituents is 1. The molecule has 0 aliphatic heterocycles. The summed E-state index contributed by atoms with van der Waals surface area (Å²) in [6.45, 7) is 6.90. The number of anilines is 1. The highest BCUT2D eigenvalue weighted by atomic mass is 16.6. The molecule has 0 aliphatic carbocycles. The summed E-state index contributed by atoms with van der Waals surface area (Å²) in [6, 6.07) is 4.70. The van der Waals surface area contributed by atoms with Crippen LogP contribution < -0.4 is 4.90 Å². The fourth-order valence-corrected chi connectivity index (χ4v) is 1.95. The molecule has 1 aromatic carbocycles. The molecule has 0 saturated carbocycles. The van der Waals surface area contributed by atoms with E-state index in [4.69, 9.17) is 0 Å². The minimum atomic E-state index is -0.490. The predicted molar refractivity (Wildman–Crippen MR) is 71.3 cm³/mol. The molecule has 18 heavy (non-hydrogen) atoms. The van der Waals surface area contributed by atoms with Gasteiger partial charge in [-0.2, -0.15) is 0 Å². The SMILES string of the molecule is CCC(C)N(CC)c1ccc([N+](=O)[O-])cc1C=O. The van der Waals surface area contributed by atoms with E-state index >= 15 is 0 Å². The molecule has 0 aliphatic rings. The molecule has 0 N–H and O–H groups in total. The molecule has 1 aromatic rings. The van der Waals surface area contributed by atoms with E-state index in [0.717, 1.165) is 18.7 Å². The summed E-state index contributed by atoms with van der Waals surface area (Å²) in [5.41, 5.74) is 1.07. The van der Waals surface area contributed by atoms with Gasteiger partial charge in [0.05, 0.1) is 4.92 Å². The highest BCUT2D eigenvalue weighted by Crippen LogP contribution is 2.26. The Labute approximate surface area is 107 Å². The summed E-state index contributed by atoms with van der Waals surface area (Å²) in [4.78, 5) is 23.4. The summed E-state index contributed by atoms with van der Waals surface area (Å²) in [6.07, 6.45) is 1.62. The topological polar surface area (TPSA) is 63.4 Å². The van der Waals surface area contributed by atoms with Gasteiger partial charge in [-0.05, 0) is 26.3 Å². The van der Waals surface area contributed by atoms with Crippen molar-refractivity contribution in [3.8, 4) is 0 Å². The molecule has 0 amide bonds. The monoisotopic (exact) mass is 250 g/mol. The molecule has 0 radical (unpaired) electrons. The summed E-state index contributed by atoms with van der Waals surface area (Å²) in [7, 11) is 0. The maximum absolute atomic E-state index is 11.1. The molecule has 0 heterocycles. The molecule has 0 saturated heterocycles. The van der Waals surface area contributed by atoms with Crippen molar-refractivity contribution in [1.82, 2.24) is 0 Å². The first-order valence-electron chi connectivity index (χ1n) is 6.05. The van der Waals surface area contributed by atoms with Gasteiger partial charge in [-0.3, -0.25) is 14.9 Å². The first-order chi connectivity index (χ1) is 8.54. The third-order valence-electron chi connectivity index (χ3n) is 3.12. The number of carbonyl (C=O) groups excluding carboxylic acids is 1. The lowest BCUT2D eigenvalue weighted by Crippen LogP contribution is -2.33. The average Bonchev–Trinajstić information content (AvgIpc) is 2.39. The van der Waals surface area contributed by atoms with E-state index in [1.54, 1.807) is 6.07 Å². The Bertz CT molecular complexity index is 446. The number of rotatable bonds is 6. The number of nitro groups is 1. The van der Waals surface area contributed by atoms with Crippen LogP contribution in [0.1, 0.15) is 37.6 Å². The van der Waals surface area contributed by atoms with Gasteiger partial charge in [0.25, 0.3) is 5.69 Å². The number of hydrogen-bond acceptors (Lipinski definition) is 4. The Balaban J connectivity index is 3.22. The molecule has 1 rings (SSSR count). The molecule has 5 heteroatoms. The minimum absolute atomic E-state index is 0.0546. The highest BCUT2D eigenvalue weighted by molar-refractivity contribution is 5.86. The van der Waals surface area contributed by atoms with E-state index in [2.05, 4.69) is 18.7 Å². The largest absolute Gasteiger partial charge is 0.369 e. The van der Waals surface area contributed by atoms with E-state index in [1.807, 2.05) is 6.92 Å². The summed E-state index contributed by atoms with van der Waals surface area (Å²) < 4.78 is 0. The number of non-ortho nitro benzene ring substituents is 1. The zero-order valence-electron chi connectivity index (χ0n) is 10.9. The molecule has 98 valence electrons. The van der Waals surface area contributed by atoms with Crippen LogP contribution in [0.4, 0.5) is 11.4 Å². The molecule has 1 unspecified atom stereocenters. The molecule has 0 spiro atoms. The zero-order chi connectivity index (χ0) is 13.7. The third-order valence-corrected chi connectivity index (χ3v) is 3.12. The van der Waals surface area contributed by atoms with Crippen LogP contribution in [-0.4, -0.2) is 23.8 Å². The Morgan fingerprint density at radius 3 is 2.56 bits per heavy atom. The van der Waals surface area contributed by atoms with Crippen LogP contribution in [0.5, 0.6) is 0 Å². The summed E-state index contributed by atoms with van der Waals surface area (Å²) >= 11 is 0.